The Kier molecular flexibility index (Phi) is 4.02. The van der Waals surface area contributed by atoms with Crippen molar-refractivity contribution in [3.63, 3.8) is 0 Å². The average Bonchev–Trinajstić information content (AvgIpc) is 2.53. The normalized spacial score (nSPS) is 11.4. The number of sulfonamides is 1. The standard InChI is InChI=1S/C17H15NO5S/c1-22-13-7-8-16-14(9-13)15(19)10-17(23-16)11-3-5-12(6-4-11)18-24(2,20)21/h3-10,18H,1-2H3. The van der Waals surface area contributed by atoms with Crippen LogP contribution < -0.4 is 14.9 Å². The third-order valence-corrected chi connectivity index (χ3v) is 4.01. The topological polar surface area (TPSA) is 85.6 Å². The van der Waals surface area contributed by atoms with Crippen molar-refractivity contribution in [3.05, 3.63) is 58.8 Å². The molecule has 3 aromatic rings. The second kappa shape index (κ2) is 6.01. The van der Waals surface area contributed by atoms with Gasteiger partial charge in [0.15, 0.2) is 5.43 Å². The van der Waals surface area contributed by atoms with Gasteiger partial charge in [-0.15, -0.1) is 0 Å². The van der Waals surface area contributed by atoms with Crippen LogP contribution in [0.2, 0.25) is 0 Å². The van der Waals surface area contributed by atoms with Crippen molar-refractivity contribution in [2.75, 3.05) is 18.1 Å². The Morgan fingerprint density at radius 2 is 1.75 bits per heavy atom. The molecule has 0 spiro atoms. The summed E-state index contributed by atoms with van der Waals surface area (Å²) in [7, 11) is -1.80. The van der Waals surface area contributed by atoms with Crippen LogP contribution in [0.25, 0.3) is 22.3 Å². The molecule has 1 heterocycles. The molecule has 0 aliphatic rings. The van der Waals surface area contributed by atoms with Crippen LogP contribution >= 0.6 is 0 Å². The minimum Gasteiger partial charge on any atom is -0.497 e. The van der Waals surface area contributed by atoms with Gasteiger partial charge in [0.05, 0.1) is 18.8 Å². The van der Waals surface area contributed by atoms with E-state index in [2.05, 4.69) is 4.72 Å². The molecule has 1 aromatic heterocycles. The summed E-state index contributed by atoms with van der Waals surface area (Å²) >= 11 is 0. The summed E-state index contributed by atoms with van der Waals surface area (Å²) in [4.78, 5) is 12.3. The van der Waals surface area contributed by atoms with Crippen molar-refractivity contribution >= 4 is 26.7 Å². The molecule has 0 unspecified atom stereocenters. The van der Waals surface area contributed by atoms with E-state index in [-0.39, 0.29) is 5.43 Å². The Morgan fingerprint density at radius 3 is 2.38 bits per heavy atom. The van der Waals surface area contributed by atoms with E-state index in [1.54, 1.807) is 42.5 Å². The van der Waals surface area contributed by atoms with Crippen LogP contribution in [-0.2, 0) is 10.0 Å². The van der Waals surface area contributed by atoms with Gasteiger partial charge in [-0.3, -0.25) is 9.52 Å². The van der Waals surface area contributed by atoms with Crippen LogP contribution in [0.4, 0.5) is 5.69 Å². The summed E-state index contributed by atoms with van der Waals surface area (Å²) in [5.74, 6) is 0.988. The van der Waals surface area contributed by atoms with E-state index < -0.39 is 10.0 Å². The van der Waals surface area contributed by atoms with Gasteiger partial charge in [-0.1, -0.05) is 0 Å². The summed E-state index contributed by atoms with van der Waals surface area (Å²) in [5.41, 5.74) is 1.39. The quantitative estimate of drug-likeness (QED) is 0.786. The highest BCUT2D eigenvalue weighted by atomic mass is 32.2. The van der Waals surface area contributed by atoms with Crippen LogP contribution in [0.3, 0.4) is 0 Å². The lowest BCUT2D eigenvalue weighted by Crippen LogP contribution is -2.09. The third-order valence-electron chi connectivity index (χ3n) is 3.41. The van der Waals surface area contributed by atoms with E-state index in [0.29, 0.717) is 33.7 Å². The lowest BCUT2D eigenvalue weighted by molar-refractivity contribution is 0.415. The first-order valence-corrected chi connectivity index (χ1v) is 8.95. The van der Waals surface area contributed by atoms with Crippen LogP contribution in [0.5, 0.6) is 5.75 Å². The molecule has 124 valence electrons. The van der Waals surface area contributed by atoms with Gasteiger partial charge in [-0.2, -0.15) is 0 Å². The number of rotatable bonds is 4. The van der Waals surface area contributed by atoms with E-state index in [0.717, 1.165) is 6.26 Å². The molecular weight excluding hydrogens is 330 g/mol. The van der Waals surface area contributed by atoms with Crippen LogP contribution in [0.1, 0.15) is 0 Å². The zero-order valence-electron chi connectivity index (χ0n) is 13.1. The molecular formula is C17H15NO5S. The fourth-order valence-corrected chi connectivity index (χ4v) is 2.89. The molecule has 0 aliphatic heterocycles. The highest BCUT2D eigenvalue weighted by Gasteiger charge is 2.09. The van der Waals surface area contributed by atoms with Gasteiger partial charge in [-0.25, -0.2) is 8.42 Å². The predicted molar refractivity (Wildman–Crippen MR) is 92.9 cm³/mol. The number of methoxy groups -OCH3 is 1. The summed E-state index contributed by atoms with van der Waals surface area (Å²) in [6.07, 6.45) is 1.08. The molecule has 0 fully saturated rings. The fourth-order valence-electron chi connectivity index (χ4n) is 2.32. The second-order valence-corrected chi connectivity index (χ2v) is 7.04. The van der Waals surface area contributed by atoms with Crippen molar-refractivity contribution in [1.82, 2.24) is 0 Å². The predicted octanol–water partition coefficient (Wildman–Crippen LogP) is 2.84. The number of anilines is 1. The first-order valence-electron chi connectivity index (χ1n) is 7.06. The van der Waals surface area contributed by atoms with Crippen LogP contribution in [-0.4, -0.2) is 21.8 Å². The molecule has 0 amide bonds. The highest BCUT2D eigenvalue weighted by molar-refractivity contribution is 7.92. The summed E-state index contributed by atoms with van der Waals surface area (Å²) in [6.45, 7) is 0. The van der Waals surface area contributed by atoms with E-state index in [1.165, 1.54) is 13.2 Å². The lowest BCUT2D eigenvalue weighted by Gasteiger charge is -2.07. The van der Waals surface area contributed by atoms with Gasteiger partial charge >= 0.3 is 0 Å². The van der Waals surface area contributed by atoms with Gasteiger partial charge in [0.1, 0.15) is 17.1 Å². The molecule has 6 nitrogen and oxygen atoms in total. The molecule has 1 N–H and O–H groups in total. The van der Waals surface area contributed by atoms with Crippen molar-refractivity contribution in [2.24, 2.45) is 0 Å². The van der Waals surface area contributed by atoms with Crippen LogP contribution in [0, 0.1) is 0 Å². The number of ether oxygens (including phenoxy) is 1. The monoisotopic (exact) mass is 345 g/mol. The molecule has 24 heavy (non-hydrogen) atoms. The Bertz CT molecular complexity index is 1050. The minimum absolute atomic E-state index is 0.177. The van der Waals surface area contributed by atoms with Gasteiger partial charge in [0.25, 0.3) is 0 Å². The van der Waals surface area contributed by atoms with E-state index in [1.807, 2.05) is 0 Å². The first-order chi connectivity index (χ1) is 11.4. The van der Waals surface area contributed by atoms with Gasteiger partial charge in [0, 0.05) is 17.3 Å². The number of hydrogen-bond acceptors (Lipinski definition) is 5. The molecule has 0 bridgehead atoms. The zero-order chi connectivity index (χ0) is 17.3. The van der Waals surface area contributed by atoms with E-state index >= 15 is 0 Å². The summed E-state index contributed by atoms with van der Waals surface area (Å²) in [5, 5.41) is 0.438. The van der Waals surface area contributed by atoms with E-state index in [4.69, 9.17) is 9.15 Å². The Hall–Kier alpha value is -2.80. The largest absolute Gasteiger partial charge is 0.497 e. The number of fused-ring (bicyclic) bond motifs is 1. The van der Waals surface area contributed by atoms with Crippen molar-refractivity contribution in [3.8, 4) is 17.1 Å². The first kappa shape index (κ1) is 16.1. The zero-order valence-corrected chi connectivity index (χ0v) is 13.9. The van der Waals surface area contributed by atoms with E-state index in [9.17, 15) is 13.2 Å². The van der Waals surface area contributed by atoms with Crippen LogP contribution in [0.15, 0.2) is 57.7 Å². The lowest BCUT2D eigenvalue weighted by atomic mass is 10.1. The molecule has 0 saturated carbocycles. The Morgan fingerprint density at radius 1 is 1.04 bits per heavy atom. The molecule has 0 saturated heterocycles. The van der Waals surface area contributed by atoms with Crippen molar-refractivity contribution in [2.45, 2.75) is 0 Å². The maximum absolute atomic E-state index is 12.3. The summed E-state index contributed by atoms with van der Waals surface area (Å²) in [6, 6.07) is 13.0. The Labute approximate surface area is 138 Å². The molecule has 3 rings (SSSR count). The fraction of sp³-hybridized carbons (Fsp3) is 0.118. The maximum Gasteiger partial charge on any atom is 0.229 e. The maximum atomic E-state index is 12.3. The Balaban J connectivity index is 2.02. The third kappa shape index (κ3) is 3.41. The van der Waals surface area contributed by atoms with Crippen molar-refractivity contribution < 1.29 is 17.6 Å². The smallest absolute Gasteiger partial charge is 0.229 e. The van der Waals surface area contributed by atoms with Crippen molar-refractivity contribution in [1.29, 1.82) is 0 Å². The molecule has 0 radical (unpaired) electrons. The average molecular weight is 345 g/mol. The molecule has 2 aromatic carbocycles. The van der Waals surface area contributed by atoms with Gasteiger partial charge in [0.2, 0.25) is 10.0 Å². The molecule has 0 atom stereocenters. The second-order valence-electron chi connectivity index (χ2n) is 5.29. The SMILES string of the molecule is COc1ccc2oc(-c3ccc(NS(C)(=O)=O)cc3)cc(=O)c2c1. The van der Waals surface area contributed by atoms with Gasteiger partial charge in [-0.05, 0) is 42.5 Å². The number of nitrogens with one attached hydrogen (secondary N) is 1. The minimum atomic E-state index is -3.33. The number of benzene rings is 2. The highest BCUT2D eigenvalue weighted by Crippen LogP contribution is 2.25. The number of hydrogen-bond donors (Lipinski definition) is 1. The summed E-state index contributed by atoms with van der Waals surface area (Å²) < 4.78 is 35.7. The molecule has 0 aliphatic carbocycles. The molecule has 7 heteroatoms. The van der Waals surface area contributed by atoms with Gasteiger partial charge < -0.3 is 9.15 Å².